The molecule has 0 saturated heterocycles. The molecule has 28 heavy (non-hydrogen) atoms. The molecule has 4 heteroatoms. The van der Waals surface area contributed by atoms with E-state index in [9.17, 15) is 19.8 Å². The Morgan fingerprint density at radius 1 is 0.643 bits per heavy atom. The fourth-order valence-corrected chi connectivity index (χ4v) is 5.38. The van der Waals surface area contributed by atoms with Crippen molar-refractivity contribution >= 4 is 11.9 Å². The number of hydrogen-bond donors (Lipinski definition) is 2. The Labute approximate surface area is 172 Å². The molecule has 0 aromatic heterocycles. The lowest BCUT2D eigenvalue weighted by Crippen LogP contribution is -2.55. The Bertz CT molecular complexity index is 428. The summed E-state index contributed by atoms with van der Waals surface area (Å²) >= 11 is 0. The zero-order valence-electron chi connectivity index (χ0n) is 18.4. The number of unbranched alkanes of at least 4 members (excludes halogenated alkanes) is 10. The maximum absolute atomic E-state index is 12.3. The van der Waals surface area contributed by atoms with Gasteiger partial charge in [-0.05, 0) is 31.1 Å². The molecule has 164 valence electrons. The molecular formula is C24H44O4. The first-order valence-electron chi connectivity index (χ1n) is 11.9. The second kappa shape index (κ2) is 13.2. The van der Waals surface area contributed by atoms with Crippen molar-refractivity contribution in [3.8, 4) is 0 Å². The van der Waals surface area contributed by atoms with Gasteiger partial charge in [0, 0.05) is 0 Å². The van der Waals surface area contributed by atoms with Gasteiger partial charge < -0.3 is 10.2 Å². The quantitative estimate of drug-likeness (QED) is 0.213. The molecule has 0 spiro atoms. The van der Waals surface area contributed by atoms with E-state index in [0.29, 0.717) is 12.8 Å². The monoisotopic (exact) mass is 396 g/mol. The summed E-state index contributed by atoms with van der Waals surface area (Å²) in [7, 11) is 0. The van der Waals surface area contributed by atoms with E-state index < -0.39 is 22.8 Å². The number of carboxylic acids is 2. The summed E-state index contributed by atoms with van der Waals surface area (Å²) in [5, 5.41) is 20.1. The highest BCUT2D eigenvalue weighted by molar-refractivity contribution is 5.99. The van der Waals surface area contributed by atoms with Crippen LogP contribution in [-0.4, -0.2) is 22.2 Å². The summed E-state index contributed by atoms with van der Waals surface area (Å²) < 4.78 is 0. The maximum Gasteiger partial charge on any atom is 0.321 e. The van der Waals surface area contributed by atoms with Gasteiger partial charge in [0.15, 0.2) is 5.41 Å². The molecule has 1 rings (SSSR count). The summed E-state index contributed by atoms with van der Waals surface area (Å²) in [4.78, 5) is 24.6. The molecule has 0 radical (unpaired) electrons. The van der Waals surface area contributed by atoms with Crippen molar-refractivity contribution in [2.24, 2.45) is 10.8 Å². The van der Waals surface area contributed by atoms with Crippen LogP contribution in [0.25, 0.3) is 0 Å². The van der Waals surface area contributed by atoms with E-state index in [-0.39, 0.29) is 0 Å². The molecule has 0 amide bonds. The van der Waals surface area contributed by atoms with Crippen LogP contribution in [0.5, 0.6) is 0 Å². The SMILES string of the molecule is CCCCCCCCC1(CCCCCCCC)CCCCC1(C(=O)O)C(=O)O. The molecular weight excluding hydrogens is 352 g/mol. The van der Waals surface area contributed by atoms with Crippen LogP contribution in [0.1, 0.15) is 129 Å². The molecule has 1 fully saturated rings. The Morgan fingerprint density at radius 3 is 1.46 bits per heavy atom. The molecule has 4 nitrogen and oxygen atoms in total. The number of carbonyl (C=O) groups is 2. The Hall–Kier alpha value is -1.06. The molecule has 0 aliphatic heterocycles. The first-order chi connectivity index (χ1) is 13.5. The van der Waals surface area contributed by atoms with Gasteiger partial charge in [0.25, 0.3) is 0 Å². The summed E-state index contributed by atoms with van der Waals surface area (Å²) in [5.74, 6) is -2.20. The highest BCUT2D eigenvalue weighted by atomic mass is 16.4. The van der Waals surface area contributed by atoms with E-state index in [2.05, 4.69) is 13.8 Å². The van der Waals surface area contributed by atoms with Crippen molar-refractivity contribution in [2.45, 2.75) is 129 Å². The van der Waals surface area contributed by atoms with E-state index in [1.807, 2.05) is 0 Å². The van der Waals surface area contributed by atoms with Crippen LogP contribution in [0.15, 0.2) is 0 Å². The van der Waals surface area contributed by atoms with E-state index in [4.69, 9.17) is 0 Å². The van der Waals surface area contributed by atoms with Crippen molar-refractivity contribution in [1.29, 1.82) is 0 Å². The minimum Gasteiger partial charge on any atom is -0.480 e. The minimum atomic E-state index is -1.59. The van der Waals surface area contributed by atoms with Crippen LogP contribution < -0.4 is 0 Å². The van der Waals surface area contributed by atoms with Crippen molar-refractivity contribution in [3.63, 3.8) is 0 Å². The summed E-state index contributed by atoms with van der Waals surface area (Å²) in [6.45, 7) is 4.40. The average molecular weight is 397 g/mol. The van der Waals surface area contributed by atoms with Crippen LogP contribution in [0.2, 0.25) is 0 Å². The number of aliphatic carboxylic acids is 2. The normalized spacial score (nSPS) is 18.1. The molecule has 2 N–H and O–H groups in total. The van der Waals surface area contributed by atoms with Gasteiger partial charge in [-0.25, -0.2) is 0 Å². The molecule has 1 aliphatic rings. The Morgan fingerprint density at radius 2 is 1.04 bits per heavy atom. The zero-order valence-corrected chi connectivity index (χ0v) is 18.4. The highest BCUT2D eigenvalue weighted by Crippen LogP contribution is 2.57. The molecule has 0 atom stereocenters. The third-order valence-corrected chi connectivity index (χ3v) is 7.11. The van der Waals surface area contributed by atoms with Crippen molar-refractivity contribution in [1.82, 2.24) is 0 Å². The van der Waals surface area contributed by atoms with Gasteiger partial charge in [0.05, 0.1) is 0 Å². The summed E-state index contributed by atoms with van der Waals surface area (Å²) in [5.41, 5.74) is -2.16. The van der Waals surface area contributed by atoms with Gasteiger partial charge in [-0.15, -0.1) is 0 Å². The van der Waals surface area contributed by atoms with E-state index in [0.717, 1.165) is 51.4 Å². The molecule has 0 heterocycles. The predicted molar refractivity (Wildman–Crippen MR) is 115 cm³/mol. The van der Waals surface area contributed by atoms with Gasteiger partial charge in [-0.1, -0.05) is 104 Å². The summed E-state index contributed by atoms with van der Waals surface area (Å²) in [6, 6.07) is 0. The fourth-order valence-electron chi connectivity index (χ4n) is 5.38. The lowest BCUT2D eigenvalue weighted by Gasteiger charge is -2.49. The van der Waals surface area contributed by atoms with E-state index in [1.54, 1.807) is 0 Å². The van der Waals surface area contributed by atoms with Crippen molar-refractivity contribution in [2.75, 3.05) is 0 Å². The summed E-state index contributed by atoms with van der Waals surface area (Å²) in [6.07, 6.45) is 18.1. The molecule has 1 aliphatic carbocycles. The average Bonchev–Trinajstić information content (AvgIpc) is 2.67. The molecule has 1 saturated carbocycles. The van der Waals surface area contributed by atoms with Crippen LogP contribution in [-0.2, 0) is 9.59 Å². The number of rotatable bonds is 16. The minimum absolute atomic E-state index is 0.295. The van der Waals surface area contributed by atoms with Crippen molar-refractivity contribution in [3.05, 3.63) is 0 Å². The topological polar surface area (TPSA) is 74.6 Å². The lowest BCUT2D eigenvalue weighted by atomic mass is 9.52. The molecule has 0 aromatic carbocycles. The highest BCUT2D eigenvalue weighted by Gasteiger charge is 2.62. The molecule has 0 unspecified atom stereocenters. The van der Waals surface area contributed by atoms with E-state index in [1.165, 1.54) is 51.4 Å². The largest absolute Gasteiger partial charge is 0.480 e. The Balaban J connectivity index is 2.84. The zero-order chi connectivity index (χ0) is 20.9. The molecule has 0 bridgehead atoms. The number of carboxylic acid groups (broad SMARTS) is 2. The van der Waals surface area contributed by atoms with Gasteiger partial charge >= 0.3 is 11.9 Å². The second-order valence-corrected chi connectivity index (χ2v) is 9.04. The van der Waals surface area contributed by atoms with Crippen LogP contribution in [0, 0.1) is 10.8 Å². The fraction of sp³-hybridized carbons (Fsp3) is 0.917. The van der Waals surface area contributed by atoms with Crippen LogP contribution in [0.4, 0.5) is 0 Å². The van der Waals surface area contributed by atoms with Gasteiger partial charge in [0.2, 0.25) is 0 Å². The Kier molecular flexibility index (Phi) is 11.8. The first-order valence-corrected chi connectivity index (χ1v) is 11.9. The van der Waals surface area contributed by atoms with Crippen molar-refractivity contribution < 1.29 is 19.8 Å². The lowest BCUT2D eigenvalue weighted by molar-refractivity contribution is -0.183. The maximum atomic E-state index is 12.3. The third kappa shape index (κ3) is 6.49. The van der Waals surface area contributed by atoms with Crippen LogP contribution >= 0.6 is 0 Å². The third-order valence-electron chi connectivity index (χ3n) is 7.11. The van der Waals surface area contributed by atoms with Gasteiger partial charge in [0.1, 0.15) is 0 Å². The van der Waals surface area contributed by atoms with Gasteiger partial charge in [-0.3, -0.25) is 9.59 Å². The molecule has 0 aromatic rings. The smallest absolute Gasteiger partial charge is 0.321 e. The van der Waals surface area contributed by atoms with E-state index >= 15 is 0 Å². The predicted octanol–water partition coefficient (Wildman–Crippen LogP) is 7.20. The van der Waals surface area contributed by atoms with Crippen LogP contribution in [0.3, 0.4) is 0 Å². The standard InChI is InChI=1S/C24H44O4/c1-3-5-7-9-11-13-17-23(18-14-12-10-8-6-4-2)19-15-16-20-24(23,21(25)26)22(27)28/h3-20H2,1-2H3,(H,25,26)(H,27,28). The first kappa shape index (κ1) is 25.0. The number of hydrogen-bond acceptors (Lipinski definition) is 2. The second-order valence-electron chi connectivity index (χ2n) is 9.04. The van der Waals surface area contributed by atoms with Gasteiger partial charge in [-0.2, -0.15) is 0 Å².